The molecule has 1 aromatic heterocycles. The molecule has 0 saturated heterocycles. The summed E-state index contributed by atoms with van der Waals surface area (Å²) < 4.78 is 2.12. The van der Waals surface area contributed by atoms with Gasteiger partial charge in [-0.2, -0.15) is 0 Å². The van der Waals surface area contributed by atoms with E-state index in [0.717, 1.165) is 12.4 Å². The van der Waals surface area contributed by atoms with Crippen molar-refractivity contribution in [1.82, 2.24) is 9.55 Å². The van der Waals surface area contributed by atoms with Crippen LogP contribution in [0.3, 0.4) is 0 Å². The fraction of sp³-hybridized carbons (Fsp3) is 0.500. The van der Waals surface area contributed by atoms with Gasteiger partial charge in [0.15, 0.2) is 0 Å². The highest BCUT2D eigenvalue weighted by Gasteiger charge is 2.11. The van der Waals surface area contributed by atoms with Crippen molar-refractivity contribution in [2.75, 3.05) is 0 Å². The van der Waals surface area contributed by atoms with E-state index in [4.69, 9.17) is 0 Å². The summed E-state index contributed by atoms with van der Waals surface area (Å²) in [6.45, 7) is 11.3. The third-order valence-electron chi connectivity index (χ3n) is 1.57. The van der Waals surface area contributed by atoms with E-state index in [1.54, 1.807) is 6.08 Å². The maximum atomic E-state index is 4.16. The monoisotopic (exact) mass is 164 g/mol. The molecule has 0 fully saturated rings. The first kappa shape index (κ1) is 9.04. The zero-order chi connectivity index (χ0) is 9.19. The highest BCUT2D eigenvalue weighted by Crippen LogP contribution is 2.17. The maximum absolute atomic E-state index is 4.16. The van der Waals surface area contributed by atoms with Gasteiger partial charge in [0.1, 0.15) is 5.82 Å². The molecule has 1 rings (SSSR count). The van der Waals surface area contributed by atoms with Gasteiger partial charge in [0.25, 0.3) is 0 Å². The smallest absolute Gasteiger partial charge is 0.131 e. The molecule has 2 nitrogen and oxygen atoms in total. The Morgan fingerprint density at radius 1 is 1.58 bits per heavy atom. The number of aromatic nitrogens is 2. The zero-order valence-electron chi connectivity index (χ0n) is 8.04. The Hall–Kier alpha value is -1.05. The molecule has 0 unspecified atom stereocenters. The molecule has 0 atom stereocenters. The first-order chi connectivity index (χ1) is 5.53. The van der Waals surface area contributed by atoms with Crippen molar-refractivity contribution >= 4 is 6.08 Å². The predicted molar refractivity (Wildman–Crippen MR) is 51.8 cm³/mol. The third-order valence-corrected chi connectivity index (χ3v) is 1.57. The molecular weight excluding hydrogens is 148 g/mol. The number of imidazole rings is 1. The van der Waals surface area contributed by atoms with Crippen molar-refractivity contribution in [3.63, 3.8) is 0 Å². The Morgan fingerprint density at radius 3 is 2.75 bits per heavy atom. The van der Waals surface area contributed by atoms with Gasteiger partial charge in [-0.05, 0) is 11.5 Å². The Bertz CT molecular complexity index is 266. The van der Waals surface area contributed by atoms with Gasteiger partial charge in [0, 0.05) is 18.9 Å². The van der Waals surface area contributed by atoms with Crippen LogP contribution in [-0.2, 0) is 6.54 Å². The van der Waals surface area contributed by atoms with E-state index in [1.807, 2.05) is 12.4 Å². The van der Waals surface area contributed by atoms with Crippen LogP contribution >= 0.6 is 0 Å². The Kier molecular flexibility index (Phi) is 2.36. The van der Waals surface area contributed by atoms with Crippen molar-refractivity contribution in [3.8, 4) is 0 Å². The Morgan fingerprint density at radius 2 is 2.25 bits per heavy atom. The second-order valence-corrected chi connectivity index (χ2v) is 4.18. The average Bonchev–Trinajstić information content (AvgIpc) is 2.31. The van der Waals surface area contributed by atoms with E-state index in [2.05, 4.69) is 36.9 Å². The molecule has 0 aliphatic heterocycles. The normalized spacial score (nSPS) is 11.6. The fourth-order valence-electron chi connectivity index (χ4n) is 1.16. The quantitative estimate of drug-likeness (QED) is 0.657. The first-order valence-electron chi connectivity index (χ1n) is 4.16. The molecule has 0 radical (unpaired) electrons. The molecule has 0 bridgehead atoms. The van der Waals surface area contributed by atoms with Crippen molar-refractivity contribution in [2.45, 2.75) is 27.3 Å². The standard InChI is InChI=1S/C10H16N2/c1-5-9-11-6-7-12(9)8-10(2,3)4/h5-7H,1,8H2,2-4H3. The molecular formula is C10H16N2. The molecule has 66 valence electrons. The lowest BCUT2D eigenvalue weighted by Crippen LogP contribution is -2.15. The number of hydrogen-bond donors (Lipinski definition) is 0. The lowest BCUT2D eigenvalue weighted by Gasteiger charge is -2.19. The summed E-state index contributed by atoms with van der Waals surface area (Å²) in [5.41, 5.74) is 0.290. The van der Waals surface area contributed by atoms with Crippen LogP contribution in [0.2, 0.25) is 0 Å². The summed E-state index contributed by atoms with van der Waals surface area (Å²) in [6.07, 6.45) is 5.58. The minimum Gasteiger partial charge on any atom is -0.331 e. The summed E-state index contributed by atoms with van der Waals surface area (Å²) in [5.74, 6) is 0.949. The van der Waals surface area contributed by atoms with Crippen molar-refractivity contribution in [2.24, 2.45) is 5.41 Å². The summed E-state index contributed by atoms with van der Waals surface area (Å²) in [7, 11) is 0. The summed E-state index contributed by atoms with van der Waals surface area (Å²) in [5, 5.41) is 0. The highest BCUT2D eigenvalue weighted by atomic mass is 15.1. The highest BCUT2D eigenvalue weighted by molar-refractivity contribution is 5.36. The first-order valence-corrected chi connectivity index (χ1v) is 4.16. The van der Waals surface area contributed by atoms with Crippen LogP contribution in [0.15, 0.2) is 19.0 Å². The van der Waals surface area contributed by atoms with Gasteiger partial charge in [-0.15, -0.1) is 0 Å². The van der Waals surface area contributed by atoms with Gasteiger partial charge in [0.05, 0.1) is 0 Å². The van der Waals surface area contributed by atoms with Crippen LogP contribution in [0.1, 0.15) is 26.6 Å². The minimum absolute atomic E-state index is 0.290. The summed E-state index contributed by atoms with van der Waals surface area (Å²) in [4.78, 5) is 4.16. The van der Waals surface area contributed by atoms with E-state index in [1.165, 1.54) is 0 Å². The number of rotatable bonds is 2. The van der Waals surface area contributed by atoms with Gasteiger partial charge in [0.2, 0.25) is 0 Å². The van der Waals surface area contributed by atoms with Gasteiger partial charge < -0.3 is 4.57 Å². The molecule has 0 N–H and O–H groups in total. The van der Waals surface area contributed by atoms with Crippen LogP contribution < -0.4 is 0 Å². The second kappa shape index (κ2) is 3.13. The van der Waals surface area contributed by atoms with Crippen LogP contribution in [0.4, 0.5) is 0 Å². The lowest BCUT2D eigenvalue weighted by atomic mass is 9.97. The number of nitrogens with zero attached hydrogens (tertiary/aromatic N) is 2. The van der Waals surface area contributed by atoms with Gasteiger partial charge in [-0.3, -0.25) is 0 Å². The predicted octanol–water partition coefficient (Wildman–Crippen LogP) is 2.57. The van der Waals surface area contributed by atoms with Gasteiger partial charge in [-0.1, -0.05) is 27.4 Å². The third kappa shape index (κ3) is 2.22. The Labute approximate surface area is 73.9 Å². The zero-order valence-corrected chi connectivity index (χ0v) is 8.04. The molecule has 0 aliphatic rings. The summed E-state index contributed by atoms with van der Waals surface area (Å²) in [6, 6.07) is 0. The van der Waals surface area contributed by atoms with Crippen LogP contribution in [-0.4, -0.2) is 9.55 Å². The minimum atomic E-state index is 0.290. The molecule has 1 heterocycles. The van der Waals surface area contributed by atoms with Gasteiger partial charge >= 0.3 is 0 Å². The molecule has 12 heavy (non-hydrogen) atoms. The molecule has 0 spiro atoms. The molecule has 0 aliphatic carbocycles. The fourth-order valence-corrected chi connectivity index (χ4v) is 1.16. The van der Waals surface area contributed by atoms with E-state index >= 15 is 0 Å². The molecule has 0 amide bonds. The van der Waals surface area contributed by atoms with Crippen LogP contribution in [0.25, 0.3) is 6.08 Å². The molecule has 2 heteroatoms. The van der Waals surface area contributed by atoms with Crippen LogP contribution in [0.5, 0.6) is 0 Å². The molecule has 0 saturated carbocycles. The largest absolute Gasteiger partial charge is 0.331 e. The maximum Gasteiger partial charge on any atom is 0.131 e. The van der Waals surface area contributed by atoms with Crippen LogP contribution in [0, 0.1) is 5.41 Å². The van der Waals surface area contributed by atoms with E-state index in [-0.39, 0.29) is 0 Å². The second-order valence-electron chi connectivity index (χ2n) is 4.18. The van der Waals surface area contributed by atoms with Crippen molar-refractivity contribution in [3.05, 3.63) is 24.8 Å². The lowest BCUT2D eigenvalue weighted by molar-refractivity contribution is 0.342. The SMILES string of the molecule is C=Cc1nccn1CC(C)(C)C. The number of hydrogen-bond acceptors (Lipinski definition) is 1. The van der Waals surface area contributed by atoms with E-state index in [0.29, 0.717) is 5.41 Å². The van der Waals surface area contributed by atoms with Gasteiger partial charge in [-0.25, -0.2) is 4.98 Å². The van der Waals surface area contributed by atoms with E-state index < -0.39 is 0 Å². The van der Waals surface area contributed by atoms with Crippen molar-refractivity contribution < 1.29 is 0 Å². The Balaban J connectivity index is 2.81. The van der Waals surface area contributed by atoms with Crippen molar-refractivity contribution in [1.29, 1.82) is 0 Å². The molecule has 0 aromatic carbocycles. The average molecular weight is 164 g/mol. The molecule has 1 aromatic rings. The van der Waals surface area contributed by atoms with E-state index in [9.17, 15) is 0 Å². The summed E-state index contributed by atoms with van der Waals surface area (Å²) >= 11 is 0. The topological polar surface area (TPSA) is 17.8 Å².